The molecule has 0 saturated heterocycles. The first-order valence-electron chi connectivity index (χ1n) is 5.03. The van der Waals surface area contributed by atoms with Crippen LogP contribution in [-0.4, -0.2) is 22.4 Å². The maximum atomic E-state index is 9.64. The molecule has 3 atom stereocenters. The Bertz CT molecular complexity index is 246. The third-order valence-corrected chi connectivity index (χ3v) is 3.27. The van der Waals surface area contributed by atoms with Crippen molar-refractivity contribution in [2.24, 2.45) is 0 Å². The zero-order valence-electron chi connectivity index (χ0n) is 8.68. The Balaban J connectivity index is 2.44. The van der Waals surface area contributed by atoms with Crippen molar-refractivity contribution in [3.8, 4) is 0 Å². The number of aliphatic hydroxyl groups is 2. The summed E-state index contributed by atoms with van der Waals surface area (Å²) in [5, 5.41) is 23.2. The van der Waals surface area contributed by atoms with Gasteiger partial charge in [0.15, 0.2) is 0 Å². The summed E-state index contributed by atoms with van der Waals surface area (Å²) < 4.78 is 0. The fourth-order valence-corrected chi connectivity index (χ4v) is 2.27. The Morgan fingerprint density at radius 3 is 2.57 bits per heavy atom. The van der Waals surface area contributed by atoms with Gasteiger partial charge in [-0.15, -0.1) is 0 Å². The maximum Gasteiger partial charge on any atom is 0.0804 e. The number of hydrogen-bond donors (Lipinski definition) is 2. The highest BCUT2D eigenvalue weighted by atomic mass is 32.1. The average Bonchev–Trinajstić information content (AvgIpc) is 2.69. The molecule has 0 fully saturated rings. The molecule has 0 amide bonds. The van der Waals surface area contributed by atoms with Crippen LogP contribution in [0.1, 0.15) is 38.2 Å². The molecule has 14 heavy (non-hydrogen) atoms. The lowest BCUT2D eigenvalue weighted by Crippen LogP contribution is -2.26. The zero-order valence-corrected chi connectivity index (χ0v) is 9.50. The summed E-state index contributed by atoms with van der Waals surface area (Å²) in [7, 11) is 0. The molecule has 80 valence electrons. The molecule has 0 spiro atoms. The van der Waals surface area contributed by atoms with Gasteiger partial charge in [0.05, 0.1) is 12.2 Å². The maximum absolute atomic E-state index is 9.64. The minimum absolute atomic E-state index is 0.317. The van der Waals surface area contributed by atoms with E-state index in [9.17, 15) is 10.2 Å². The highest BCUT2D eigenvalue weighted by Crippen LogP contribution is 2.24. The molecule has 0 saturated carbocycles. The Kier molecular flexibility index (Phi) is 4.58. The second-order valence-electron chi connectivity index (χ2n) is 3.74. The van der Waals surface area contributed by atoms with Crippen LogP contribution in [0.4, 0.5) is 0 Å². The molecular weight excluding hydrogens is 196 g/mol. The molecule has 1 aromatic rings. The topological polar surface area (TPSA) is 40.5 Å². The normalized spacial score (nSPS) is 17.7. The standard InChI is InChI=1S/C11H18O2S/c1-3-10(12)11(13)6-8(2)9-4-5-14-7-9/h4-5,7-8,10-13H,3,6H2,1-2H3. The molecular formula is C11H18O2S. The van der Waals surface area contributed by atoms with Gasteiger partial charge in [-0.1, -0.05) is 13.8 Å². The molecule has 3 unspecified atom stereocenters. The van der Waals surface area contributed by atoms with Crippen LogP contribution in [0.25, 0.3) is 0 Å². The van der Waals surface area contributed by atoms with Gasteiger partial charge in [0.25, 0.3) is 0 Å². The summed E-state index contributed by atoms with van der Waals surface area (Å²) in [5.74, 6) is 0.317. The quantitative estimate of drug-likeness (QED) is 0.790. The van der Waals surface area contributed by atoms with E-state index >= 15 is 0 Å². The predicted octanol–water partition coefficient (Wildman–Crippen LogP) is 2.37. The van der Waals surface area contributed by atoms with Gasteiger partial charge in [-0.2, -0.15) is 11.3 Å². The first-order valence-corrected chi connectivity index (χ1v) is 5.97. The molecule has 0 aliphatic rings. The van der Waals surface area contributed by atoms with E-state index in [0.29, 0.717) is 18.8 Å². The van der Waals surface area contributed by atoms with E-state index in [1.54, 1.807) is 11.3 Å². The van der Waals surface area contributed by atoms with Crippen molar-refractivity contribution in [1.82, 2.24) is 0 Å². The molecule has 3 heteroatoms. The summed E-state index contributed by atoms with van der Waals surface area (Å²) in [6.45, 7) is 3.96. The lowest BCUT2D eigenvalue weighted by molar-refractivity contribution is 0.00955. The highest BCUT2D eigenvalue weighted by molar-refractivity contribution is 7.07. The monoisotopic (exact) mass is 214 g/mol. The van der Waals surface area contributed by atoms with E-state index in [1.807, 2.05) is 12.3 Å². The number of aliphatic hydroxyl groups excluding tert-OH is 2. The molecule has 0 aliphatic carbocycles. The van der Waals surface area contributed by atoms with Crippen LogP contribution in [0.3, 0.4) is 0 Å². The van der Waals surface area contributed by atoms with Crippen LogP contribution in [0.15, 0.2) is 16.8 Å². The zero-order chi connectivity index (χ0) is 10.6. The molecule has 1 heterocycles. The summed E-state index contributed by atoms with van der Waals surface area (Å²) in [6.07, 6.45) is 0.0504. The van der Waals surface area contributed by atoms with Gasteiger partial charge in [0.2, 0.25) is 0 Å². The van der Waals surface area contributed by atoms with Gasteiger partial charge in [0, 0.05) is 0 Å². The SMILES string of the molecule is CCC(O)C(O)CC(C)c1ccsc1. The summed E-state index contributed by atoms with van der Waals surface area (Å²) in [4.78, 5) is 0. The van der Waals surface area contributed by atoms with Gasteiger partial charge in [0.1, 0.15) is 0 Å². The number of hydrogen-bond acceptors (Lipinski definition) is 3. The van der Waals surface area contributed by atoms with Gasteiger partial charge in [-0.25, -0.2) is 0 Å². The van der Waals surface area contributed by atoms with Crippen molar-refractivity contribution in [3.63, 3.8) is 0 Å². The van der Waals surface area contributed by atoms with E-state index in [0.717, 1.165) is 0 Å². The largest absolute Gasteiger partial charge is 0.390 e. The Hall–Kier alpha value is -0.380. The van der Waals surface area contributed by atoms with Crippen LogP contribution in [-0.2, 0) is 0 Å². The minimum Gasteiger partial charge on any atom is -0.390 e. The van der Waals surface area contributed by atoms with Crippen molar-refractivity contribution in [1.29, 1.82) is 0 Å². The van der Waals surface area contributed by atoms with Crippen LogP contribution in [0.2, 0.25) is 0 Å². The summed E-state index contributed by atoms with van der Waals surface area (Å²) in [6, 6.07) is 2.07. The Labute approximate surface area is 89.2 Å². The highest BCUT2D eigenvalue weighted by Gasteiger charge is 2.18. The fraction of sp³-hybridized carbons (Fsp3) is 0.636. The van der Waals surface area contributed by atoms with E-state index in [4.69, 9.17) is 0 Å². The smallest absolute Gasteiger partial charge is 0.0804 e. The van der Waals surface area contributed by atoms with Crippen LogP contribution >= 0.6 is 11.3 Å². The molecule has 0 aromatic carbocycles. The van der Waals surface area contributed by atoms with Crippen LogP contribution in [0.5, 0.6) is 0 Å². The van der Waals surface area contributed by atoms with Gasteiger partial charge < -0.3 is 10.2 Å². The molecule has 1 aromatic heterocycles. The molecule has 2 nitrogen and oxygen atoms in total. The minimum atomic E-state index is -0.602. The first kappa shape index (κ1) is 11.7. The van der Waals surface area contributed by atoms with Gasteiger partial charge >= 0.3 is 0 Å². The van der Waals surface area contributed by atoms with Crippen molar-refractivity contribution >= 4 is 11.3 Å². The molecule has 0 aliphatic heterocycles. The van der Waals surface area contributed by atoms with Crippen molar-refractivity contribution in [2.75, 3.05) is 0 Å². The summed E-state index contributed by atoms with van der Waals surface area (Å²) in [5.41, 5.74) is 1.25. The fourth-order valence-electron chi connectivity index (χ4n) is 1.48. The van der Waals surface area contributed by atoms with Crippen molar-refractivity contribution in [3.05, 3.63) is 22.4 Å². The first-order chi connectivity index (χ1) is 6.65. The third-order valence-electron chi connectivity index (χ3n) is 2.57. The van der Waals surface area contributed by atoms with E-state index in [1.165, 1.54) is 5.56 Å². The predicted molar refractivity (Wildman–Crippen MR) is 59.7 cm³/mol. The molecule has 0 bridgehead atoms. The Morgan fingerprint density at radius 2 is 2.07 bits per heavy atom. The third kappa shape index (κ3) is 3.08. The van der Waals surface area contributed by atoms with Crippen molar-refractivity contribution < 1.29 is 10.2 Å². The number of rotatable bonds is 5. The second kappa shape index (κ2) is 5.49. The second-order valence-corrected chi connectivity index (χ2v) is 4.52. The van der Waals surface area contributed by atoms with Gasteiger partial charge in [-0.3, -0.25) is 0 Å². The number of thiophene rings is 1. The summed E-state index contributed by atoms with van der Waals surface area (Å²) >= 11 is 1.67. The lowest BCUT2D eigenvalue weighted by Gasteiger charge is -2.19. The van der Waals surface area contributed by atoms with Crippen molar-refractivity contribution in [2.45, 2.75) is 44.8 Å². The average molecular weight is 214 g/mol. The lowest BCUT2D eigenvalue weighted by atomic mass is 9.94. The van der Waals surface area contributed by atoms with E-state index in [-0.39, 0.29) is 0 Å². The molecule has 0 radical (unpaired) electrons. The molecule has 1 rings (SSSR count). The van der Waals surface area contributed by atoms with Crippen LogP contribution in [0, 0.1) is 0 Å². The Morgan fingerprint density at radius 1 is 1.36 bits per heavy atom. The molecule has 2 N–H and O–H groups in total. The van der Waals surface area contributed by atoms with Gasteiger partial charge in [-0.05, 0) is 41.1 Å². The van der Waals surface area contributed by atoms with E-state index < -0.39 is 12.2 Å². The van der Waals surface area contributed by atoms with Crippen LogP contribution < -0.4 is 0 Å². The van der Waals surface area contributed by atoms with E-state index in [2.05, 4.69) is 18.4 Å².